The van der Waals surface area contributed by atoms with Crippen molar-refractivity contribution in [2.45, 2.75) is 13.0 Å². The lowest BCUT2D eigenvalue weighted by Gasteiger charge is -2.09. The molecule has 7 heteroatoms. The van der Waals surface area contributed by atoms with Crippen LogP contribution >= 0.6 is 23.2 Å². The number of ketones is 1. The van der Waals surface area contributed by atoms with E-state index in [1.165, 1.54) is 0 Å². The molecule has 4 rings (SSSR count). The van der Waals surface area contributed by atoms with E-state index in [4.69, 9.17) is 37.8 Å². The van der Waals surface area contributed by atoms with Crippen LogP contribution in [-0.2, 0) is 17.8 Å². The van der Waals surface area contributed by atoms with Gasteiger partial charge in [-0.15, -0.1) is 0 Å². The van der Waals surface area contributed by atoms with E-state index in [9.17, 15) is 9.59 Å². The molecule has 0 saturated heterocycles. The molecule has 0 unspecified atom stereocenters. The number of benzene rings is 3. The van der Waals surface area contributed by atoms with Crippen LogP contribution in [0.3, 0.4) is 0 Å². The molecule has 0 spiro atoms. The van der Waals surface area contributed by atoms with Crippen LogP contribution in [0.25, 0.3) is 6.08 Å². The van der Waals surface area contributed by atoms with Crippen LogP contribution < -0.4 is 9.47 Å². The Balaban J connectivity index is 1.42. The third kappa shape index (κ3) is 5.31. The molecule has 3 aromatic carbocycles. The first-order valence-electron chi connectivity index (χ1n) is 9.78. The van der Waals surface area contributed by atoms with E-state index in [2.05, 4.69) is 0 Å². The van der Waals surface area contributed by atoms with Crippen molar-refractivity contribution in [3.8, 4) is 11.5 Å². The molecule has 1 aliphatic carbocycles. The van der Waals surface area contributed by atoms with Gasteiger partial charge in [0.1, 0.15) is 18.1 Å². The summed E-state index contributed by atoms with van der Waals surface area (Å²) in [6, 6.07) is 17.6. The monoisotopic (exact) mass is 468 g/mol. The van der Waals surface area contributed by atoms with Gasteiger partial charge in [-0.05, 0) is 71.3 Å². The smallest absolute Gasteiger partial charge is 0.341 e. The number of ether oxygens (including phenoxy) is 2. The fourth-order valence-corrected chi connectivity index (χ4v) is 4.00. The van der Waals surface area contributed by atoms with Gasteiger partial charge in [-0.3, -0.25) is 4.79 Å². The average Bonchev–Trinajstić information content (AvgIpc) is 3.05. The lowest BCUT2D eigenvalue weighted by atomic mass is 10.1. The highest BCUT2D eigenvalue weighted by Crippen LogP contribution is 2.32. The minimum atomic E-state index is -1.03. The third-order valence-corrected chi connectivity index (χ3v) is 5.35. The zero-order valence-electron chi connectivity index (χ0n) is 16.8. The van der Waals surface area contributed by atoms with Gasteiger partial charge in [-0.1, -0.05) is 35.3 Å². The van der Waals surface area contributed by atoms with Gasteiger partial charge in [-0.2, -0.15) is 0 Å². The number of halogens is 2. The summed E-state index contributed by atoms with van der Waals surface area (Å²) in [5.74, 6) is 0.101. The number of hydrogen-bond donors (Lipinski definition) is 1. The topological polar surface area (TPSA) is 72.8 Å². The van der Waals surface area contributed by atoms with Crippen molar-refractivity contribution in [1.29, 1.82) is 0 Å². The van der Waals surface area contributed by atoms with E-state index >= 15 is 0 Å². The van der Waals surface area contributed by atoms with E-state index < -0.39 is 5.97 Å². The molecule has 32 heavy (non-hydrogen) atoms. The molecule has 0 atom stereocenters. The Labute approximate surface area is 194 Å². The zero-order valence-corrected chi connectivity index (χ0v) is 18.3. The molecule has 0 amide bonds. The number of carboxylic acid groups (broad SMARTS) is 1. The summed E-state index contributed by atoms with van der Waals surface area (Å²) >= 11 is 12.1. The number of carboxylic acids is 1. The van der Waals surface area contributed by atoms with E-state index in [1.54, 1.807) is 42.5 Å². The normalized spacial score (nSPS) is 13.8. The van der Waals surface area contributed by atoms with Crippen LogP contribution in [0, 0.1) is 0 Å². The van der Waals surface area contributed by atoms with Gasteiger partial charge in [0.15, 0.2) is 12.4 Å². The number of hydrogen-bond acceptors (Lipinski definition) is 4. The minimum Gasteiger partial charge on any atom is -0.489 e. The summed E-state index contributed by atoms with van der Waals surface area (Å²) in [6.07, 6.45) is 2.32. The molecule has 1 aliphatic rings. The molecule has 0 radical (unpaired) electrons. The van der Waals surface area contributed by atoms with Crippen molar-refractivity contribution in [2.75, 3.05) is 6.61 Å². The van der Waals surface area contributed by atoms with Crippen molar-refractivity contribution in [2.24, 2.45) is 0 Å². The molecule has 5 nitrogen and oxygen atoms in total. The third-order valence-electron chi connectivity index (χ3n) is 4.91. The maximum absolute atomic E-state index is 12.8. The minimum absolute atomic E-state index is 0.0143. The molecule has 1 N–H and O–H groups in total. The number of allylic oxidation sites excluding steroid dienone is 1. The van der Waals surface area contributed by atoms with Gasteiger partial charge in [0.25, 0.3) is 0 Å². The summed E-state index contributed by atoms with van der Waals surface area (Å²) in [4.78, 5) is 23.3. The van der Waals surface area contributed by atoms with Crippen molar-refractivity contribution in [3.63, 3.8) is 0 Å². The summed E-state index contributed by atoms with van der Waals surface area (Å²) in [6.45, 7) is -0.0554. The molecule has 0 aliphatic heterocycles. The Bertz CT molecular complexity index is 1200. The predicted octanol–water partition coefficient (Wildman–Crippen LogP) is 5.86. The molecule has 0 bridgehead atoms. The molecular formula is C25H18Cl2O5. The van der Waals surface area contributed by atoms with Gasteiger partial charge in [0, 0.05) is 27.6 Å². The van der Waals surface area contributed by atoms with E-state index in [-0.39, 0.29) is 12.4 Å². The fourth-order valence-electron chi connectivity index (χ4n) is 3.46. The van der Waals surface area contributed by atoms with E-state index in [1.807, 2.05) is 24.3 Å². The fraction of sp³-hybridized carbons (Fsp3) is 0.120. The maximum Gasteiger partial charge on any atom is 0.341 e. The Hall–Kier alpha value is -3.28. The van der Waals surface area contributed by atoms with Crippen LogP contribution in [0.5, 0.6) is 11.5 Å². The first-order valence-corrected chi connectivity index (χ1v) is 10.5. The largest absolute Gasteiger partial charge is 0.489 e. The second-order valence-corrected chi connectivity index (χ2v) is 8.19. The SMILES string of the molecule is O=C(O)COc1ccc(COc2ccc3c(c2)C/C(=C\c2cc(Cl)cc(Cl)c2)C3=O)cc1. The maximum atomic E-state index is 12.8. The Morgan fingerprint density at radius 2 is 1.62 bits per heavy atom. The van der Waals surface area contributed by atoms with Gasteiger partial charge in [-0.25, -0.2) is 4.79 Å². The highest BCUT2D eigenvalue weighted by Gasteiger charge is 2.25. The number of carbonyl (C=O) groups excluding carboxylic acids is 1. The average molecular weight is 469 g/mol. The Morgan fingerprint density at radius 1 is 0.938 bits per heavy atom. The lowest BCUT2D eigenvalue weighted by molar-refractivity contribution is -0.139. The van der Waals surface area contributed by atoms with Gasteiger partial charge < -0.3 is 14.6 Å². The Morgan fingerprint density at radius 3 is 2.31 bits per heavy atom. The standard InChI is InChI=1S/C25H18Cl2O5/c26-19-8-16(9-20(27)12-19)7-18-10-17-11-22(5-6-23(17)25(18)30)31-13-15-1-3-21(4-2-15)32-14-24(28)29/h1-9,11-12H,10,13-14H2,(H,28,29)/b18-7+. The van der Waals surface area contributed by atoms with Crippen LogP contribution in [0.4, 0.5) is 0 Å². The second-order valence-electron chi connectivity index (χ2n) is 7.31. The summed E-state index contributed by atoms with van der Waals surface area (Å²) in [5.41, 5.74) is 3.93. The van der Waals surface area contributed by atoms with Crippen LogP contribution in [0.1, 0.15) is 27.0 Å². The van der Waals surface area contributed by atoms with E-state index in [0.717, 1.165) is 16.7 Å². The van der Waals surface area contributed by atoms with Crippen molar-refractivity contribution >= 4 is 41.0 Å². The number of rotatable bonds is 7. The number of Topliss-reactive ketones (excluding diaryl/α,β-unsaturated/α-hetero) is 1. The van der Waals surface area contributed by atoms with E-state index in [0.29, 0.717) is 45.7 Å². The molecule has 0 saturated carbocycles. The van der Waals surface area contributed by atoms with Gasteiger partial charge in [0.05, 0.1) is 0 Å². The number of carbonyl (C=O) groups is 2. The highest BCUT2D eigenvalue weighted by atomic mass is 35.5. The molecule has 0 fully saturated rings. The molecule has 162 valence electrons. The number of fused-ring (bicyclic) bond motifs is 1. The van der Waals surface area contributed by atoms with Crippen LogP contribution in [0.2, 0.25) is 10.0 Å². The Kier molecular flexibility index (Phi) is 6.49. The van der Waals surface area contributed by atoms with Gasteiger partial charge in [0.2, 0.25) is 0 Å². The van der Waals surface area contributed by atoms with Gasteiger partial charge >= 0.3 is 5.97 Å². The highest BCUT2D eigenvalue weighted by molar-refractivity contribution is 6.34. The predicted molar refractivity (Wildman–Crippen MR) is 123 cm³/mol. The van der Waals surface area contributed by atoms with Crippen molar-refractivity contribution in [3.05, 3.63) is 98.5 Å². The molecule has 3 aromatic rings. The first kappa shape index (κ1) is 21.9. The molecule has 0 heterocycles. The van der Waals surface area contributed by atoms with Crippen molar-refractivity contribution in [1.82, 2.24) is 0 Å². The quantitative estimate of drug-likeness (QED) is 0.439. The summed E-state index contributed by atoms with van der Waals surface area (Å²) in [7, 11) is 0. The lowest BCUT2D eigenvalue weighted by Crippen LogP contribution is -2.09. The summed E-state index contributed by atoms with van der Waals surface area (Å²) in [5, 5.41) is 9.69. The number of aliphatic carboxylic acids is 1. The molecular weight excluding hydrogens is 451 g/mol. The zero-order chi connectivity index (χ0) is 22.7. The van der Waals surface area contributed by atoms with Crippen LogP contribution in [-0.4, -0.2) is 23.5 Å². The first-order chi connectivity index (χ1) is 15.4. The van der Waals surface area contributed by atoms with Crippen LogP contribution in [0.15, 0.2) is 66.2 Å². The second kappa shape index (κ2) is 9.47. The van der Waals surface area contributed by atoms with Crippen molar-refractivity contribution < 1.29 is 24.2 Å². The molecule has 0 aromatic heterocycles. The summed E-state index contributed by atoms with van der Waals surface area (Å²) < 4.78 is 11.0.